The highest BCUT2D eigenvalue weighted by atomic mass is 15.0. The van der Waals surface area contributed by atoms with Crippen molar-refractivity contribution in [1.29, 1.82) is 0 Å². The lowest BCUT2D eigenvalue weighted by Crippen LogP contribution is -2.55. The highest BCUT2D eigenvalue weighted by molar-refractivity contribution is 5.00. The summed E-state index contributed by atoms with van der Waals surface area (Å²) in [4.78, 5) is 0. The molecule has 88 valence electrons. The molecule has 0 aromatic heterocycles. The summed E-state index contributed by atoms with van der Waals surface area (Å²) in [7, 11) is 0. The van der Waals surface area contributed by atoms with Gasteiger partial charge in [0.25, 0.3) is 0 Å². The molecule has 0 radical (unpaired) electrons. The van der Waals surface area contributed by atoms with Gasteiger partial charge in [-0.05, 0) is 38.0 Å². The van der Waals surface area contributed by atoms with Gasteiger partial charge in [0.2, 0.25) is 0 Å². The Hall–Kier alpha value is -0.340. The third kappa shape index (κ3) is 3.32. The van der Waals surface area contributed by atoms with E-state index in [-0.39, 0.29) is 5.54 Å². The van der Waals surface area contributed by atoms with Crippen LogP contribution in [-0.4, -0.2) is 18.6 Å². The summed E-state index contributed by atoms with van der Waals surface area (Å²) in [6.45, 7) is 12.3. The molecule has 1 saturated carbocycles. The Balaban J connectivity index is 2.56. The predicted octanol–water partition coefficient (Wildman–Crippen LogP) is 2.31. The summed E-state index contributed by atoms with van der Waals surface area (Å²) in [5, 5.41) is 3.61. The molecule has 1 aliphatic rings. The predicted molar refractivity (Wildman–Crippen MR) is 66.8 cm³/mol. The first-order chi connectivity index (χ1) is 6.99. The Kier molecular flexibility index (Phi) is 4.35. The van der Waals surface area contributed by atoms with Gasteiger partial charge in [-0.1, -0.05) is 26.0 Å². The Morgan fingerprint density at radius 3 is 2.60 bits per heavy atom. The van der Waals surface area contributed by atoms with Crippen molar-refractivity contribution in [3.05, 3.63) is 12.2 Å². The van der Waals surface area contributed by atoms with Crippen molar-refractivity contribution >= 4 is 0 Å². The van der Waals surface area contributed by atoms with E-state index in [1.807, 2.05) is 0 Å². The van der Waals surface area contributed by atoms with Gasteiger partial charge in [0, 0.05) is 18.6 Å². The minimum Gasteiger partial charge on any atom is -0.329 e. The van der Waals surface area contributed by atoms with E-state index in [1.54, 1.807) is 0 Å². The molecule has 3 atom stereocenters. The summed E-state index contributed by atoms with van der Waals surface area (Å²) in [5.41, 5.74) is 7.30. The lowest BCUT2D eigenvalue weighted by atomic mass is 9.71. The van der Waals surface area contributed by atoms with E-state index in [0.717, 1.165) is 24.9 Å². The molecule has 0 amide bonds. The highest BCUT2D eigenvalue weighted by Gasteiger charge is 2.35. The Bertz CT molecular complexity index is 225. The van der Waals surface area contributed by atoms with Crippen LogP contribution in [0.3, 0.4) is 0 Å². The van der Waals surface area contributed by atoms with Crippen LogP contribution >= 0.6 is 0 Å². The van der Waals surface area contributed by atoms with E-state index in [1.165, 1.54) is 24.8 Å². The number of nitrogens with one attached hydrogen (secondary N) is 1. The zero-order chi connectivity index (χ0) is 11.5. The van der Waals surface area contributed by atoms with Gasteiger partial charge in [-0.25, -0.2) is 0 Å². The van der Waals surface area contributed by atoms with Crippen molar-refractivity contribution < 1.29 is 0 Å². The zero-order valence-electron chi connectivity index (χ0n) is 10.5. The van der Waals surface area contributed by atoms with Crippen LogP contribution in [0.15, 0.2) is 12.2 Å². The molecule has 1 aliphatic carbocycles. The molecule has 2 heteroatoms. The van der Waals surface area contributed by atoms with Crippen LogP contribution in [-0.2, 0) is 0 Å². The number of hydrogen-bond acceptors (Lipinski definition) is 2. The second-order valence-electron chi connectivity index (χ2n) is 5.49. The average molecular weight is 210 g/mol. The molecule has 1 rings (SSSR count). The van der Waals surface area contributed by atoms with Gasteiger partial charge in [0.05, 0.1) is 0 Å². The Morgan fingerprint density at radius 1 is 1.47 bits per heavy atom. The second kappa shape index (κ2) is 5.13. The molecule has 2 nitrogen and oxygen atoms in total. The summed E-state index contributed by atoms with van der Waals surface area (Å²) in [5.74, 6) is 1.62. The maximum Gasteiger partial charge on any atom is 0.0309 e. The lowest BCUT2D eigenvalue weighted by Gasteiger charge is -2.43. The van der Waals surface area contributed by atoms with E-state index in [9.17, 15) is 0 Å². The first kappa shape index (κ1) is 12.7. The normalized spacial score (nSPS) is 36.5. The molecule has 1 fully saturated rings. The third-order valence-corrected chi connectivity index (χ3v) is 3.92. The molecule has 0 aromatic carbocycles. The fourth-order valence-corrected chi connectivity index (χ4v) is 2.46. The first-order valence-electron chi connectivity index (χ1n) is 6.08. The van der Waals surface area contributed by atoms with E-state index in [0.29, 0.717) is 0 Å². The fraction of sp³-hybridized carbons (Fsp3) is 0.846. The third-order valence-electron chi connectivity index (χ3n) is 3.92. The first-order valence-corrected chi connectivity index (χ1v) is 6.08. The smallest absolute Gasteiger partial charge is 0.0309 e. The van der Waals surface area contributed by atoms with Crippen LogP contribution in [0.25, 0.3) is 0 Å². The largest absolute Gasteiger partial charge is 0.329 e. The minimum atomic E-state index is 0.172. The van der Waals surface area contributed by atoms with E-state index in [4.69, 9.17) is 5.73 Å². The monoisotopic (exact) mass is 210 g/mol. The minimum absolute atomic E-state index is 0.172. The van der Waals surface area contributed by atoms with Crippen molar-refractivity contribution in [2.75, 3.05) is 13.1 Å². The molecule has 0 saturated heterocycles. The zero-order valence-corrected chi connectivity index (χ0v) is 10.5. The van der Waals surface area contributed by atoms with E-state index in [2.05, 4.69) is 32.7 Å². The highest BCUT2D eigenvalue weighted by Crippen LogP contribution is 2.35. The second-order valence-corrected chi connectivity index (χ2v) is 5.49. The summed E-state index contributed by atoms with van der Waals surface area (Å²) in [6, 6.07) is 0. The van der Waals surface area contributed by atoms with Crippen molar-refractivity contribution in [2.45, 2.75) is 45.6 Å². The molecule has 0 bridgehead atoms. The molecular weight excluding hydrogens is 184 g/mol. The van der Waals surface area contributed by atoms with Gasteiger partial charge in [-0.3, -0.25) is 0 Å². The van der Waals surface area contributed by atoms with Gasteiger partial charge < -0.3 is 11.1 Å². The van der Waals surface area contributed by atoms with Crippen molar-refractivity contribution in [1.82, 2.24) is 5.32 Å². The van der Waals surface area contributed by atoms with E-state index < -0.39 is 0 Å². The molecule has 3 unspecified atom stereocenters. The molecule has 3 N–H and O–H groups in total. The van der Waals surface area contributed by atoms with Crippen LogP contribution < -0.4 is 11.1 Å². The standard InChI is InChI=1S/C13H26N2/c1-10(2)8-15-13(9-14)6-5-11(3)12(4)7-13/h11-12,15H,1,5-9,14H2,2-4H3. The van der Waals surface area contributed by atoms with E-state index >= 15 is 0 Å². The Labute approximate surface area is 94.3 Å². The van der Waals surface area contributed by atoms with Gasteiger partial charge >= 0.3 is 0 Å². The Morgan fingerprint density at radius 2 is 2.13 bits per heavy atom. The molecule has 0 spiro atoms. The van der Waals surface area contributed by atoms with Crippen LogP contribution in [0.5, 0.6) is 0 Å². The molecule has 0 heterocycles. The van der Waals surface area contributed by atoms with Crippen molar-refractivity contribution in [3.8, 4) is 0 Å². The summed E-state index contributed by atoms with van der Waals surface area (Å²) in [6.07, 6.45) is 3.71. The van der Waals surface area contributed by atoms with Crippen LogP contribution in [0.1, 0.15) is 40.0 Å². The number of hydrogen-bond donors (Lipinski definition) is 2. The number of rotatable bonds is 4. The fourth-order valence-electron chi connectivity index (χ4n) is 2.46. The molecular formula is C13H26N2. The van der Waals surface area contributed by atoms with Crippen molar-refractivity contribution in [3.63, 3.8) is 0 Å². The van der Waals surface area contributed by atoms with Crippen LogP contribution in [0.2, 0.25) is 0 Å². The van der Waals surface area contributed by atoms with Crippen LogP contribution in [0.4, 0.5) is 0 Å². The molecule has 0 aromatic rings. The molecule has 0 aliphatic heterocycles. The maximum absolute atomic E-state index is 5.94. The average Bonchev–Trinajstić information content (AvgIpc) is 2.20. The summed E-state index contributed by atoms with van der Waals surface area (Å²) >= 11 is 0. The van der Waals surface area contributed by atoms with Crippen molar-refractivity contribution in [2.24, 2.45) is 17.6 Å². The lowest BCUT2D eigenvalue weighted by molar-refractivity contribution is 0.150. The van der Waals surface area contributed by atoms with Gasteiger partial charge in [0.1, 0.15) is 0 Å². The molecule has 15 heavy (non-hydrogen) atoms. The van der Waals surface area contributed by atoms with Gasteiger partial charge in [-0.15, -0.1) is 0 Å². The van der Waals surface area contributed by atoms with Gasteiger partial charge in [-0.2, -0.15) is 0 Å². The van der Waals surface area contributed by atoms with Crippen LogP contribution in [0, 0.1) is 11.8 Å². The quantitative estimate of drug-likeness (QED) is 0.699. The van der Waals surface area contributed by atoms with Gasteiger partial charge in [0.15, 0.2) is 0 Å². The number of nitrogens with two attached hydrogens (primary N) is 1. The summed E-state index contributed by atoms with van der Waals surface area (Å²) < 4.78 is 0. The topological polar surface area (TPSA) is 38.0 Å². The SMILES string of the molecule is C=C(C)CNC1(CN)CCC(C)C(C)C1. The maximum atomic E-state index is 5.94.